The van der Waals surface area contributed by atoms with E-state index in [0.29, 0.717) is 13.2 Å². The Morgan fingerprint density at radius 3 is 2.96 bits per heavy atom. The van der Waals surface area contributed by atoms with E-state index in [9.17, 15) is 14.7 Å². The van der Waals surface area contributed by atoms with Crippen LogP contribution in [0.1, 0.15) is 21.1 Å². The number of aromatic nitrogens is 3. The average Bonchev–Trinajstić information content (AvgIpc) is 3.10. The van der Waals surface area contributed by atoms with E-state index >= 15 is 0 Å². The smallest absolute Gasteiger partial charge is 0.289 e. The third-order valence-corrected chi connectivity index (χ3v) is 3.83. The highest BCUT2D eigenvalue weighted by atomic mass is 16.5. The number of aromatic amines is 1. The summed E-state index contributed by atoms with van der Waals surface area (Å²) in [6, 6.07) is 4.99. The molecule has 2 aromatic rings. The van der Waals surface area contributed by atoms with Crippen LogP contribution in [0.4, 0.5) is 0 Å². The maximum atomic E-state index is 12.4. The number of carbonyl (C=O) groups is 2. The molecule has 2 aromatic heterocycles. The van der Waals surface area contributed by atoms with Gasteiger partial charge in [0.15, 0.2) is 5.82 Å². The Kier molecular flexibility index (Phi) is 5.05. The van der Waals surface area contributed by atoms with Crippen molar-refractivity contribution in [2.24, 2.45) is 0 Å². The number of hydrogen-bond acceptors (Lipinski definition) is 6. The minimum atomic E-state index is -1.40. The second kappa shape index (κ2) is 7.41. The van der Waals surface area contributed by atoms with Gasteiger partial charge in [-0.1, -0.05) is 6.07 Å². The monoisotopic (exact) mass is 345 g/mol. The topological polar surface area (TPSA) is 120 Å². The van der Waals surface area contributed by atoms with Crippen molar-refractivity contribution in [1.29, 1.82) is 0 Å². The van der Waals surface area contributed by atoms with Crippen LogP contribution in [-0.4, -0.2) is 75.2 Å². The lowest BCUT2D eigenvalue weighted by atomic mass is 10.0. The highest BCUT2D eigenvalue weighted by Gasteiger charge is 2.35. The summed E-state index contributed by atoms with van der Waals surface area (Å²) in [6.07, 6.45) is 4.56. The Labute approximate surface area is 144 Å². The van der Waals surface area contributed by atoms with Crippen LogP contribution >= 0.6 is 0 Å². The second-order valence-electron chi connectivity index (χ2n) is 5.84. The molecule has 9 nitrogen and oxygen atoms in total. The van der Waals surface area contributed by atoms with E-state index in [2.05, 4.69) is 20.3 Å². The molecule has 3 heterocycles. The molecule has 1 aliphatic heterocycles. The van der Waals surface area contributed by atoms with Gasteiger partial charge < -0.3 is 25.0 Å². The van der Waals surface area contributed by atoms with Gasteiger partial charge in [-0.15, -0.1) is 0 Å². The van der Waals surface area contributed by atoms with Crippen LogP contribution in [0, 0.1) is 0 Å². The number of nitrogens with one attached hydrogen (secondary N) is 2. The molecule has 0 unspecified atom stereocenters. The Bertz CT molecular complexity index is 721. The van der Waals surface area contributed by atoms with E-state index in [1.165, 1.54) is 17.3 Å². The fourth-order valence-electron chi connectivity index (χ4n) is 2.56. The van der Waals surface area contributed by atoms with E-state index in [1.54, 1.807) is 24.4 Å². The number of aliphatic hydroxyl groups is 1. The number of pyridine rings is 1. The largest absolute Gasteiger partial charge is 0.384 e. The van der Waals surface area contributed by atoms with Gasteiger partial charge in [0.05, 0.1) is 26.3 Å². The van der Waals surface area contributed by atoms with Gasteiger partial charge in [-0.3, -0.25) is 14.6 Å². The number of hydrogen-bond donors (Lipinski definition) is 3. The molecule has 3 N–H and O–H groups in total. The van der Waals surface area contributed by atoms with Crippen molar-refractivity contribution >= 4 is 11.8 Å². The third-order valence-electron chi connectivity index (χ3n) is 3.83. The van der Waals surface area contributed by atoms with Crippen molar-refractivity contribution in [3.8, 4) is 0 Å². The SMILES string of the molecule is O=C(NC[C@]1(O)COCCN(C(=O)c2ncc[nH]2)C1)c1ccccn1. The van der Waals surface area contributed by atoms with Crippen LogP contribution in [0.3, 0.4) is 0 Å². The molecule has 0 aromatic carbocycles. The maximum absolute atomic E-state index is 12.4. The lowest BCUT2D eigenvalue weighted by Gasteiger charge is -2.30. The van der Waals surface area contributed by atoms with E-state index in [4.69, 9.17) is 4.74 Å². The first kappa shape index (κ1) is 17.1. The molecular formula is C16H19N5O4. The van der Waals surface area contributed by atoms with E-state index in [-0.39, 0.29) is 37.1 Å². The highest BCUT2D eigenvalue weighted by molar-refractivity contribution is 5.92. The van der Waals surface area contributed by atoms with Crippen LogP contribution in [0.2, 0.25) is 0 Å². The number of amides is 2. The molecule has 0 aliphatic carbocycles. The Morgan fingerprint density at radius 1 is 1.36 bits per heavy atom. The van der Waals surface area contributed by atoms with Crippen molar-refractivity contribution in [3.05, 3.63) is 48.3 Å². The van der Waals surface area contributed by atoms with Crippen LogP contribution < -0.4 is 5.32 Å². The Balaban J connectivity index is 1.64. The Morgan fingerprint density at radius 2 is 2.24 bits per heavy atom. The quantitative estimate of drug-likeness (QED) is 0.683. The molecule has 1 saturated heterocycles. The first-order chi connectivity index (χ1) is 12.1. The summed E-state index contributed by atoms with van der Waals surface area (Å²) in [6.45, 7) is 0.593. The van der Waals surface area contributed by atoms with Crippen molar-refractivity contribution in [3.63, 3.8) is 0 Å². The predicted octanol–water partition coefficient (Wildman–Crippen LogP) is -0.562. The minimum absolute atomic E-state index is 0.0113. The van der Waals surface area contributed by atoms with E-state index < -0.39 is 11.5 Å². The zero-order valence-electron chi connectivity index (χ0n) is 13.5. The summed E-state index contributed by atoms with van der Waals surface area (Å²) in [5, 5.41) is 13.4. The molecule has 9 heteroatoms. The molecule has 0 saturated carbocycles. The van der Waals surface area contributed by atoms with Crippen molar-refractivity contribution < 1.29 is 19.4 Å². The third kappa shape index (κ3) is 4.20. The summed E-state index contributed by atoms with van der Waals surface area (Å²) in [7, 11) is 0. The number of carbonyl (C=O) groups excluding carboxylic acids is 2. The summed E-state index contributed by atoms with van der Waals surface area (Å²) in [5.74, 6) is -0.533. The molecule has 1 fully saturated rings. The standard InChI is InChI=1S/C16H19N5O4/c22-14(12-3-1-2-4-17-12)20-9-16(24)10-21(7-8-25-11-16)15(23)13-18-5-6-19-13/h1-6,24H,7-11H2,(H,18,19)(H,20,22)/t16-/m1/s1. The van der Waals surface area contributed by atoms with Gasteiger partial charge in [0.2, 0.25) is 0 Å². The minimum Gasteiger partial charge on any atom is -0.384 e. The molecule has 1 aliphatic rings. The first-order valence-electron chi connectivity index (χ1n) is 7.85. The molecule has 25 heavy (non-hydrogen) atoms. The number of β-amino-alcohol motifs (C(OH)–C–C–N with tert-alkyl or cyclic N) is 1. The van der Waals surface area contributed by atoms with Gasteiger partial charge in [0, 0.05) is 25.1 Å². The summed E-state index contributed by atoms with van der Waals surface area (Å²) in [4.78, 5) is 36.6. The lowest BCUT2D eigenvalue weighted by molar-refractivity contribution is -0.0325. The molecule has 3 rings (SSSR count). The summed E-state index contributed by atoms with van der Waals surface area (Å²) in [5.41, 5.74) is -1.15. The number of ether oxygens (including phenoxy) is 1. The van der Waals surface area contributed by atoms with Crippen LogP contribution in [0.15, 0.2) is 36.8 Å². The van der Waals surface area contributed by atoms with Crippen molar-refractivity contribution in [2.75, 3.05) is 32.8 Å². The molecule has 1 atom stereocenters. The van der Waals surface area contributed by atoms with Crippen LogP contribution in [0.5, 0.6) is 0 Å². The Hall–Kier alpha value is -2.78. The normalized spacial score (nSPS) is 20.8. The number of nitrogens with zero attached hydrogens (tertiary/aromatic N) is 3. The van der Waals surface area contributed by atoms with Gasteiger partial charge in [0.1, 0.15) is 11.3 Å². The predicted molar refractivity (Wildman–Crippen MR) is 86.8 cm³/mol. The van der Waals surface area contributed by atoms with Gasteiger partial charge in [-0.2, -0.15) is 0 Å². The molecule has 0 bridgehead atoms. The number of H-pyrrole nitrogens is 1. The molecular weight excluding hydrogens is 326 g/mol. The van der Waals surface area contributed by atoms with Gasteiger partial charge in [-0.05, 0) is 12.1 Å². The molecule has 0 radical (unpaired) electrons. The van der Waals surface area contributed by atoms with Crippen LogP contribution in [0.25, 0.3) is 0 Å². The maximum Gasteiger partial charge on any atom is 0.289 e. The zero-order chi connectivity index (χ0) is 17.7. The number of imidazole rings is 1. The van der Waals surface area contributed by atoms with E-state index in [1.807, 2.05) is 0 Å². The van der Waals surface area contributed by atoms with Gasteiger partial charge in [0.25, 0.3) is 11.8 Å². The summed E-state index contributed by atoms with van der Waals surface area (Å²) >= 11 is 0. The van der Waals surface area contributed by atoms with Gasteiger partial charge >= 0.3 is 0 Å². The molecule has 132 valence electrons. The summed E-state index contributed by atoms with van der Waals surface area (Å²) < 4.78 is 5.40. The van der Waals surface area contributed by atoms with Crippen molar-refractivity contribution in [2.45, 2.75) is 5.60 Å². The zero-order valence-corrected chi connectivity index (χ0v) is 13.5. The highest BCUT2D eigenvalue weighted by Crippen LogP contribution is 2.14. The fourth-order valence-corrected chi connectivity index (χ4v) is 2.56. The fraction of sp³-hybridized carbons (Fsp3) is 0.375. The molecule has 0 spiro atoms. The van der Waals surface area contributed by atoms with Crippen LogP contribution in [-0.2, 0) is 4.74 Å². The average molecular weight is 345 g/mol. The van der Waals surface area contributed by atoms with Gasteiger partial charge in [-0.25, -0.2) is 4.98 Å². The van der Waals surface area contributed by atoms with E-state index in [0.717, 1.165) is 0 Å². The molecule has 2 amide bonds. The second-order valence-corrected chi connectivity index (χ2v) is 5.84. The van der Waals surface area contributed by atoms with Crippen molar-refractivity contribution in [1.82, 2.24) is 25.2 Å². The first-order valence-corrected chi connectivity index (χ1v) is 7.85. The lowest BCUT2D eigenvalue weighted by Crippen LogP contribution is -2.53. The number of rotatable bonds is 4.